The number of nitrogens with one attached hydrogen (secondary N) is 1. The maximum absolute atomic E-state index is 12.2. The van der Waals surface area contributed by atoms with Crippen molar-refractivity contribution in [2.24, 2.45) is 0 Å². The molecule has 136 valence electrons. The van der Waals surface area contributed by atoms with Gasteiger partial charge >= 0.3 is 0 Å². The molecule has 1 unspecified atom stereocenters. The molecule has 0 bridgehead atoms. The number of rotatable bonds is 5. The Balaban J connectivity index is 1.65. The van der Waals surface area contributed by atoms with E-state index in [1.54, 1.807) is 41.8 Å². The van der Waals surface area contributed by atoms with Gasteiger partial charge in [-0.05, 0) is 25.0 Å². The molecule has 3 rings (SSSR count). The van der Waals surface area contributed by atoms with Crippen LogP contribution in [0.4, 0.5) is 0 Å². The van der Waals surface area contributed by atoms with Crippen molar-refractivity contribution < 1.29 is 14.3 Å². The molecular weight excluding hydrogens is 334 g/mol. The second-order valence-electron chi connectivity index (χ2n) is 6.16. The lowest BCUT2D eigenvalue weighted by molar-refractivity contribution is -0.133. The molecule has 1 fully saturated rings. The third-order valence-electron chi connectivity index (χ3n) is 4.17. The van der Waals surface area contributed by atoms with Crippen LogP contribution in [-0.4, -0.2) is 51.3 Å². The summed E-state index contributed by atoms with van der Waals surface area (Å²) in [5.74, 6) is 0.792. The van der Waals surface area contributed by atoms with Gasteiger partial charge < -0.3 is 15.0 Å². The van der Waals surface area contributed by atoms with Crippen LogP contribution in [0.1, 0.15) is 31.4 Å². The highest BCUT2D eigenvalue weighted by Crippen LogP contribution is 2.27. The summed E-state index contributed by atoms with van der Waals surface area (Å²) in [6.45, 7) is 2.67. The molecule has 1 atom stereocenters. The van der Waals surface area contributed by atoms with Gasteiger partial charge in [0.15, 0.2) is 0 Å². The first kappa shape index (κ1) is 17.8. The first-order valence-electron chi connectivity index (χ1n) is 8.54. The highest BCUT2D eigenvalue weighted by molar-refractivity contribution is 5.83. The molecule has 0 aliphatic carbocycles. The summed E-state index contributed by atoms with van der Waals surface area (Å²) >= 11 is 0. The first-order valence-corrected chi connectivity index (χ1v) is 8.54. The molecule has 2 aromatic heterocycles. The number of nitrogens with zero attached hydrogens (tertiary/aromatic N) is 4. The van der Waals surface area contributed by atoms with E-state index in [4.69, 9.17) is 4.74 Å². The number of likely N-dealkylation sites (tertiary alicyclic amines) is 1. The van der Waals surface area contributed by atoms with Crippen LogP contribution < -0.4 is 10.1 Å². The van der Waals surface area contributed by atoms with Gasteiger partial charge in [-0.25, -0.2) is 4.98 Å². The van der Waals surface area contributed by atoms with E-state index in [0.717, 1.165) is 18.5 Å². The van der Waals surface area contributed by atoms with E-state index in [9.17, 15) is 9.59 Å². The van der Waals surface area contributed by atoms with Gasteiger partial charge in [-0.2, -0.15) is 0 Å². The van der Waals surface area contributed by atoms with Gasteiger partial charge in [0.25, 0.3) is 0 Å². The predicted octanol–water partition coefficient (Wildman–Crippen LogP) is 1.51. The number of piperidine rings is 1. The van der Waals surface area contributed by atoms with Crippen LogP contribution in [0.2, 0.25) is 0 Å². The lowest BCUT2D eigenvalue weighted by atomic mass is 9.95. The average Bonchev–Trinajstić information content (AvgIpc) is 2.67. The standard InChI is InChI=1S/C18H21N5O3/c1-13(24)21-11-18(25)23-7-3-4-14(12-23)16-9-20-10-17(22-16)26-15-5-2-6-19-8-15/h2,5-6,8-10,14H,3-4,7,11-12H2,1H3,(H,21,24). The fourth-order valence-electron chi connectivity index (χ4n) is 2.89. The molecule has 2 aromatic rings. The Labute approximate surface area is 151 Å². The molecule has 1 aliphatic rings. The molecule has 26 heavy (non-hydrogen) atoms. The second kappa shape index (κ2) is 8.37. The summed E-state index contributed by atoms with van der Waals surface area (Å²) in [4.78, 5) is 37.7. The largest absolute Gasteiger partial charge is 0.436 e. The minimum absolute atomic E-state index is 0.0257. The molecule has 1 N–H and O–H groups in total. The van der Waals surface area contributed by atoms with E-state index in [-0.39, 0.29) is 24.3 Å². The number of carbonyl (C=O) groups excluding carboxylic acids is 2. The van der Waals surface area contributed by atoms with Crippen LogP contribution in [0.15, 0.2) is 36.9 Å². The van der Waals surface area contributed by atoms with E-state index >= 15 is 0 Å². The van der Waals surface area contributed by atoms with Crippen LogP contribution >= 0.6 is 0 Å². The Hall–Kier alpha value is -3.03. The molecular formula is C18H21N5O3. The van der Waals surface area contributed by atoms with Gasteiger partial charge in [0.1, 0.15) is 5.75 Å². The third-order valence-corrected chi connectivity index (χ3v) is 4.17. The topological polar surface area (TPSA) is 97.3 Å². The van der Waals surface area contributed by atoms with E-state index in [1.165, 1.54) is 6.92 Å². The molecule has 1 saturated heterocycles. The maximum Gasteiger partial charge on any atom is 0.241 e. The Morgan fingerprint density at radius 2 is 2.19 bits per heavy atom. The monoisotopic (exact) mass is 355 g/mol. The van der Waals surface area contributed by atoms with Crippen LogP contribution in [0, 0.1) is 0 Å². The number of amides is 2. The number of aromatic nitrogens is 3. The molecule has 3 heterocycles. The fourth-order valence-corrected chi connectivity index (χ4v) is 2.89. The summed E-state index contributed by atoms with van der Waals surface area (Å²) in [5.41, 5.74) is 0.795. The lowest BCUT2D eigenvalue weighted by Crippen LogP contribution is -2.44. The first-order chi connectivity index (χ1) is 12.6. The Morgan fingerprint density at radius 1 is 1.31 bits per heavy atom. The molecule has 1 aliphatic heterocycles. The number of hydrogen-bond acceptors (Lipinski definition) is 6. The van der Waals surface area contributed by atoms with Gasteiger partial charge in [-0.15, -0.1) is 0 Å². The molecule has 2 amide bonds. The second-order valence-corrected chi connectivity index (χ2v) is 6.16. The lowest BCUT2D eigenvalue weighted by Gasteiger charge is -2.32. The highest BCUT2D eigenvalue weighted by Gasteiger charge is 2.26. The van der Waals surface area contributed by atoms with Crippen molar-refractivity contribution in [1.82, 2.24) is 25.2 Å². The molecule has 8 nitrogen and oxygen atoms in total. The van der Waals surface area contributed by atoms with Crippen LogP contribution in [0.3, 0.4) is 0 Å². The third kappa shape index (κ3) is 4.75. The van der Waals surface area contributed by atoms with Crippen molar-refractivity contribution >= 4 is 11.8 Å². The van der Waals surface area contributed by atoms with Crippen molar-refractivity contribution in [2.45, 2.75) is 25.7 Å². The summed E-state index contributed by atoms with van der Waals surface area (Å²) in [6.07, 6.45) is 8.35. The quantitative estimate of drug-likeness (QED) is 0.873. The Kier molecular flexibility index (Phi) is 5.73. The Morgan fingerprint density at radius 3 is 2.96 bits per heavy atom. The smallest absolute Gasteiger partial charge is 0.241 e. The zero-order valence-corrected chi connectivity index (χ0v) is 14.6. The van der Waals surface area contributed by atoms with Crippen molar-refractivity contribution in [3.8, 4) is 11.6 Å². The van der Waals surface area contributed by atoms with Gasteiger partial charge in [0, 0.05) is 38.3 Å². The maximum atomic E-state index is 12.2. The molecule has 0 saturated carbocycles. The minimum atomic E-state index is -0.210. The minimum Gasteiger partial charge on any atom is -0.436 e. The molecule has 0 aromatic carbocycles. The number of pyridine rings is 1. The summed E-state index contributed by atoms with van der Waals surface area (Å²) in [7, 11) is 0. The van der Waals surface area contributed by atoms with Gasteiger partial charge in [-0.1, -0.05) is 0 Å². The van der Waals surface area contributed by atoms with E-state index in [2.05, 4.69) is 20.3 Å². The van der Waals surface area contributed by atoms with E-state index < -0.39 is 0 Å². The van der Waals surface area contributed by atoms with E-state index in [0.29, 0.717) is 24.7 Å². The van der Waals surface area contributed by atoms with E-state index in [1.807, 2.05) is 0 Å². The van der Waals surface area contributed by atoms with Crippen LogP contribution in [0.25, 0.3) is 0 Å². The summed E-state index contributed by atoms with van der Waals surface area (Å²) in [6, 6.07) is 3.58. The SMILES string of the molecule is CC(=O)NCC(=O)N1CCCC(c2cncc(Oc3cccnc3)n2)C1. The number of ether oxygens (including phenoxy) is 1. The van der Waals surface area contributed by atoms with Gasteiger partial charge in [-0.3, -0.25) is 19.6 Å². The van der Waals surface area contributed by atoms with Gasteiger partial charge in [0.2, 0.25) is 17.7 Å². The number of carbonyl (C=O) groups is 2. The predicted molar refractivity (Wildman–Crippen MR) is 93.6 cm³/mol. The summed E-state index contributed by atoms with van der Waals surface area (Å²) in [5, 5.41) is 2.55. The number of hydrogen-bond donors (Lipinski definition) is 1. The van der Waals surface area contributed by atoms with Crippen molar-refractivity contribution in [3.05, 3.63) is 42.6 Å². The molecule has 0 radical (unpaired) electrons. The van der Waals surface area contributed by atoms with Crippen LogP contribution in [0.5, 0.6) is 11.6 Å². The van der Waals surface area contributed by atoms with Crippen molar-refractivity contribution in [3.63, 3.8) is 0 Å². The van der Waals surface area contributed by atoms with Crippen LogP contribution in [-0.2, 0) is 9.59 Å². The zero-order chi connectivity index (χ0) is 18.4. The average molecular weight is 355 g/mol. The molecule has 0 spiro atoms. The van der Waals surface area contributed by atoms with Crippen molar-refractivity contribution in [2.75, 3.05) is 19.6 Å². The van der Waals surface area contributed by atoms with Gasteiger partial charge in [0.05, 0.1) is 24.6 Å². The summed E-state index contributed by atoms with van der Waals surface area (Å²) < 4.78 is 5.68. The normalized spacial score (nSPS) is 16.8. The fraction of sp³-hybridized carbons (Fsp3) is 0.389. The van der Waals surface area contributed by atoms with Crippen molar-refractivity contribution in [1.29, 1.82) is 0 Å². The zero-order valence-electron chi connectivity index (χ0n) is 14.6. The molecule has 8 heteroatoms. The highest BCUT2D eigenvalue weighted by atomic mass is 16.5. The Bertz CT molecular complexity index is 768.